The van der Waals surface area contributed by atoms with E-state index in [1.54, 1.807) is 35.3 Å². The Labute approximate surface area is 198 Å². The third-order valence-corrected chi connectivity index (χ3v) is 7.73. The van der Waals surface area contributed by atoms with Crippen LogP contribution < -0.4 is 5.32 Å². The molecule has 1 fully saturated rings. The molecule has 8 heteroatoms. The normalized spacial score (nSPS) is 16.6. The van der Waals surface area contributed by atoms with Crippen molar-refractivity contribution in [2.75, 3.05) is 38.0 Å². The van der Waals surface area contributed by atoms with E-state index in [-0.39, 0.29) is 17.6 Å². The average Bonchev–Trinajstić information content (AvgIpc) is 2.97. The molecule has 1 N–H and O–H groups in total. The highest BCUT2D eigenvalue weighted by atomic mass is 32.1. The van der Waals surface area contributed by atoms with E-state index in [0.717, 1.165) is 31.2 Å². The molecule has 1 aromatic heterocycles. The van der Waals surface area contributed by atoms with Crippen LogP contribution in [0.3, 0.4) is 0 Å². The zero-order chi connectivity index (χ0) is 23.4. The number of nitrogens with zero attached hydrogens (tertiary/aromatic N) is 3. The summed E-state index contributed by atoms with van der Waals surface area (Å²) in [5.74, 6) is -0.614. The molecule has 0 unspecified atom stereocenters. The second-order valence-electron chi connectivity index (χ2n) is 8.78. The number of aryl methyl sites for hydroxylation is 2. The lowest BCUT2D eigenvalue weighted by Crippen LogP contribution is -2.49. The summed E-state index contributed by atoms with van der Waals surface area (Å²) in [6.07, 6.45) is 5.67. The van der Waals surface area contributed by atoms with Crippen molar-refractivity contribution in [3.8, 4) is 6.07 Å². The maximum atomic E-state index is 13.8. The van der Waals surface area contributed by atoms with E-state index in [1.165, 1.54) is 17.4 Å². The fraction of sp³-hybridized carbons (Fsp3) is 0.480. The summed E-state index contributed by atoms with van der Waals surface area (Å²) in [5, 5.41) is 13.3. The molecule has 6 nitrogen and oxygen atoms in total. The minimum atomic E-state index is -0.368. The molecule has 1 aliphatic carbocycles. The fourth-order valence-corrected chi connectivity index (χ4v) is 5.74. The number of benzene rings is 1. The Kier molecular flexibility index (Phi) is 7.41. The quantitative estimate of drug-likeness (QED) is 0.670. The van der Waals surface area contributed by atoms with Gasteiger partial charge in [-0.2, -0.15) is 5.26 Å². The Balaban J connectivity index is 1.26. The van der Waals surface area contributed by atoms with Gasteiger partial charge in [0.15, 0.2) is 0 Å². The minimum absolute atomic E-state index is 0.0865. The van der Waals surface area contributed by atoms with Crippen LogP contribution in [0, 0.1) is 24.1 Å². The maximum absolute atomic E-state index is 13.8. The number of nitrogens with one attached hydrogen (secondary N) is 1. The van der Waals surface area contributed by atoms with Gasteiger partial charge in [0.2, 0.25) is 5.91 Å². The summed E-state index contributed by atoms with van der Waals surface area (Å²) >= 11 is 1.55. The molecule has 0 spiro atoms. The number of hydrogen-bond acceptors (Lipinski definition) is 5. The Bertz CT molecular complexity index is 1080. The molecular weight excluding hydrogens is 439 g/mol. The number of hydrogen-bond donors (Lipinski definition) is 1. The highest BCUT2D eigenvalue weighted by molar-refractivity contribution is 7.16. The Hall–Kier alpha value is -2.76. The highest BCUT2D eigenvalue weighted by Crippen LogP contribution is 2.37. The van der Waals surface area contributed by atoms with Crippen molar-refractivity contribution >= 4 is 28.2 Å². The van der Waals surface area contributed by atoms with E-state index < -0.39 is 0 Å². The summed E-state index contributed by atoms with van der Waals surface area (Å²) in [7, 11) is 0. The molecule has 0 radical (unpaired) electrons. The number of thiophene rings is 1. The van der Waals surface area contributed by atoms with Crippen molar-refractivity contribution in [3.63, 3.8) is 0 Å². The van der Waals surface area contributed by atoms with Crippen molar-refractivity contribution in [2.45, 2.75) is 45.4 Å². The number of halogens is 1. The predicted octanol–water partition coefficient (Wildman–Crippen LogP) is 4.12. The van der Waals surface area contributed by atoms with Gasteiger partial charge in [0.05, 0.1) is 5.56 Å². The molecule has 2 aliphatic rings. The second-order valence-corrected chi connectivity index (χ2v) is 9.88. The number of amides is 2. The summed E-state index contributed by atoms with van der Waals surface area (Å²) in [6, 6.07) is 6.89. The number of fused-ring (bicyclic) bond motifs is 1. The molecule has 1 aliphatic heterocycles. The van der Waals surface area contributed by atoms with Crippen LogP contribution in [0.2, 0.25) is 0 Å². The lowest BCUT2D eigenvalue weighted by Gasteiger charge is -2.34. The molecule has 0 atom stereocenters. The lowest BCUT2D eigenvalue weighted by atomic mass is 10.1. The van der Waals surface area contributed by atoms with Gasteiger partial charge in [-0.1, -0.05) is 12.5 Å². The highest BCUT2D eigenvalue weighted by Gasteiger charge is 2.24. The van der Waals surface area contributed by atoms with Crippen LogP contribution in [0.1, 0.15) is 57.6 Å². The predicted molar refractivity (Wildman–Crippen MR) is 127 cm³/mol. The lowest BCUT2D eigenvalue weighted by molar-refractivity contribution is -0.116. The Morgan fingerprint density at radius 1 is 1.15 bits per heavy atom. The van der Waals surface area contributed by atoms with Gasteiger partial charge in [-0.25, -0.2) is 4.39 Å². The SMILES string of the molecule is Cc1ccc(C(=O)N2CCN(CCC(=O)Nc3sc4c(c3C#N)CCCCC4)CC2)cc1F. The van der Waals surface area contributed by atoms with Crippen LogP contribution in [0.5, 0.6) is 0 Å². The molecule has 0 saturated carbocycles. The van der Waals surface area contributed by atoms with Crippen LogP contribution in [0.15, 0.2) is 18.2 Å². The van der Waals surface area contributed by atoms with Gasteiger partial charge in [-0.05, 0) is 55.9 Å². The van der Waals surface area contributed by atoms with E-state index in [4.69, 9.17) is 0 Å². The maximum Gasteiger partial charge on any atom is 0.254 e. The van der Waals surface area contributed by atoms with E-state index in [2.05, 4.69) is 16.3 Å². The van der Waals surface area contributed by atoms with Gasteiger partial charge in [0, 0.05) is 49.6 Å². The first-order valence-electron chi connectivity index (χ1n) is 11.6. The minimum Gasteiger partial charge on any atom is -0.336 e. The van der Waals surface area contributed by atoms with Gasteiger partial charge in [0.25, 0.3) is 5.91 Å². The number of anilines is 1. The topological polar surface area (TPSA) is 76.4 Å². The van der Waals surface area contributed by atoms with Crippen molar-refractivity contribution in [1.82, 2.24) is 9.80 Å². The number of rotatable bonds is 5. The third kappa shape index (κ3) is 5.43. The van der Waals surface area contributed by atoms with Crippen molar-refractivity contribution in [3.05, 3.63) is 51.1 Å². The van der Waals surface area contributed by atoms with Gasteiger partial charge >= 0.3 is 0 Å². The van der Waals surface area contributed by atoms with Crippen LogP contribution in [-0.4, -0.2) is 54.3 Å². The number of carbonyl (C=O) groups is 2. The molecule has 2 amide bonds. The molecule has 1 saturated heterocycles. The van der Waals surface area contributed by atoms with E-state index in [1.807, 2.05) is 0 Å². The van der Waals surface area contributed by atoms with Gasteiger partial charge in [-0.15, -0.1) is 11.3 Å². The first-order valence-corrected chi connectivity index (χ1v) is 12.4. The molecule has 174 valence electrons. The molecule has 0 bridgehead atoms. The van der Waals surface area contributed by atoms with Crippen LogP contribution in [-0.2, 0) is 17.6 Å². The average molecular weight is 469 g/mol. The largest absolute Gasteiger partial charge is 0.336 e. The van der Waals surface area contributed by atoms with Gasteiger partial charge < -0.3 is 10.2 Å². The van der Waals surface area contributed by atoms with Crippen LogP contribution >= 0.6 is 11.3 Å². The van der Waals surface area contributed by atoms with E-state index in [0.29, 0.717) is 60.8 Å². The van der Waals surface area contributed by atoms with Crippen LogP contribution in [0.4, 0.5) is 9.39 Å². The zero-order valence-corrected chi connectivity index (χ0v) is 19.8. The summed E-state index contributed by atoms with van der Waals surface area (Å²) in [5.41, 5.74) is 2.66. The van der Waals surface area contributed by atoms with E-state index >= 15 is 0 Å². The zero-order valence-electron chi connectivity index (χ0n) is 19.0. The molecule has 33 heavy (non-hydrogen) atoms. The molecule has 2 aromatic rings. The first kappa shape index (κ1) is 23.4. The summed E-state index contributed by atoms with van der Waals surface area (Å²) in [6.45, 7) is 4.71. The summed E-state index contributed by atoms with van der Waals surface area (Å²) in [4.78, 5) is 30.4. The first-order chi connectivity index (χ1) is 16.0. The Morgan fingerprint density at radius 3 is 2.64 bits per heavy atom. The van der Waals surface area contributed by atoms with Crippen molar-refractivity contribution in [1.29, 1.82) is 5.26 Å². The van der Waals surface area contributed by atoms with E-state index in [9.17, 15) is 19.2 Å². The third-order valence-electron chi connectivity index (χ3n) is 6.52. The summed E-state index contributed by atoms with van der Waals surface area (Å²) < 4.78 is 13.8. The van der Waals surface area contributed by atoms with Gasteiger partial charge in [0.1, 0.15) is 16.9 Å². The van der Waals surface area contributed by atoms with Crippen molar-refractivity contribution < 1.29 is 14.0 Å². The number of carbonyl (C=O) groups excluding carboxylic acids is 2. The van der Waals surface area contributed by atoms with Crippen molar-refractivity contribution in [2.24, 2.45) is 0 Å². The molecule has 1 aromatic carbocycles. The number of nitriles is 1. The molecular formula is C25H29FN4O2S. The smallest absolute Gasteiger partial charge is 0.254 e. The number of piperazine rings is 1. The van der Waals surface area contributed by atoms with Crippen LogP contribution in [0.25, 0.3) is 0 Å². The Morgan fingerprint density at radius 2 is 1.91 bits per heavy atom. The van der Waals surface area contributed by atoms with Gasteiger partial charge in [-0.3, -0.25) is 14.5 Å². The monoisotopic (exact) mass is 468 g/mol. The molecule has 4 rings (SSSR count). The second kappa shape index (κ2) is 10.4. The standard InChI is InChI=1S/C25H29FN4O2S/c1-17-7-8-18(15-21(17)26)25(32)30-13-11-29(12-14-30)10-9-23(31)28-24-20(16-27)19-5-3-2-4-6-22(19)33-24/h7-8,15H,2-6,9-14H2,1H3,(H,28,31). The fourth-order valence-electron chi connectivity index (χ4n) is 4.48. The molecule has 2 heterocycles.